The predicted molar refractivity (Wildman–Crippen MR) is 61.9 cm³/mol. The number of anilines is 1. The van der Waals surface area contributed by atoms with Gasteiger partial charge in [-0.25, -0.2) is 9.67 Å². The molecule has 2 aromatic rings. The summed E-state index contributed by atoms with van der Waals surface area (Å²) in [6, 6.07) is 6.92. The van der Waals surface area contributed by atoms with Crippen LogP contribution < -0.4 is 5.73 Å². The normalized spacial score (nSPS) is 11.7. The topological polar surface area (TPSA) is 66.0 Å². The zero-order valence-corrected chi connectivity index (χ0v) is 9.76. The van der Waals surface area contributed by atoms with Gasteiger partial charge in [0.15, 0.2) is 5.82 Å². The van der Waals surface area contributed by atoms with Crippen molar-refractivity contribution in [2.45, 2.75) is 12.9 Å². The second-order valence-corrected chi connectivity index (χ2v) is 3.75. The third kappa shape index (κ3) is 3.95. The lowest BCUT2D eigenvalue weighted by molar-refractivity contribution is -0.325. The first-order valence-corrected chi connectivity index (χ1v) is 5.40. The quantitative estimate of drug-likeness (QED) is 0.865. The summed E-state index contributed by atoms with van der Waals surface area (Å²) in [5.74, 6) is 0.402. The largest absolute Gasteiger partial charge is 0.522 e. The van der Waals surface area contributed by atoms with Gasteiger partial charge in [-0.3, -0.25) is 4.74 Å². The number of ether oxygens (including phenoxy) is 1. The Labute approximate surface area is 106 Å². The average Bonchev–Trinajstić information content (AvgIpc) is 2.76. The summed E-state index contributed by atoms with van der Waals surface area (Å²) in [5.41, 5.74) is 6.89. The molecule has 5 nitrogen and oxygen atoms in total. The van der Waals surface area contributed by atoms with Crippen LogP contribution >= 0.6 is 0 Å². The molecule has 0 aliphatic rings. The van der Waals surface area contributed by atoms with Crippen LogP contribution in [0.1, 0.15) is 0 Å². The lowest BCUT2D eigenvalue weighted by Gasteiger charge is -2.06. The number of benzene rings is 1. The maximum Gasteiger partial charge on any atom is 0.522 e. The molecule has 0 unspecified atom stereocenters. The maximum atomic E-state index is 11.8. The molecule has 0 saturated carbocycles. The van der Waals surface area contributed by atoms with Gasteiger partial charge in [0.2, 0.25) is 0 Å². The molecule has 0 spiro atoms. The van der Waals surface area contributed by atoms with Crippen LogP contribution in [0, 0.1) is 0 Å². The van der Waals surface area contributed by atoms with Gasteiger partial charge in [-0.15, -0.1) is 13.2 Å². The first-order chi connectivity index (χ1) is 8.94. The highest BCUT2D eigenvalue weighted by molar-refractivity contribution is 5.60. The molecular weight excluding hydrogens is 261 g/mol. The Morgan fingerprint density at radius 3 is 2.79 bits per heavy atom. The van der Waals surface area contributed by atoms with E-state index in [2.05, 4.69) is 14.8 Å². The molecule has 102 valence electrons. The number of rotatable bonds is 4. The van der Waals surface area contributed by atoms with Crippen LogP contribution in [0.2, 0.25) is 0 Å². The maximum absolute atomic E-state index is 11.8. The van der Waals surface area contributed by atoms with Crippen molar-refractivity contribution in [1.29, 1.82) is 0 Å². The monoisotopic (exact) mass is 272 g/mol. The van der Waals surface area contributed by atoms with E-state index in [1.54, 1.807) is 24.3 Å². The number of nitrogens with zero attached hydrogens (tertiary/aromatic N) is 3. The lowest BCUT2D eigenvalue weighted by atomic mass is 10.2. The van der Waals surface area contributed by atoms with Crippen molar-refractivity contribution >= 4 is 5.69 Å². The summed E-state index contributed by atoms with van der Waals surface area (Å²) >= 11 is 0. The fourth-order valence-electron chi connectivity index (χ4n) is 1.47. The molecule has 2 rings (SSSR count). The van der Waals surface area contributed by atoms with Crippen LogP contribution in [0.15, 0.2) is 30.6 Å². The van der Waals surface area contributed by atoms with E-state index in [-0.39, 0.29) is 6.54 Å². The first-order valence-electron chi connectivity index (χ1n) is 5.40. The van der Waals surface area contributed by atoms with Gasteiger partial charge < -0.3 is 5.73 Å². The fourth-order valence-corrected chi connectivity index (χ4v) is 1.47. The molecule has 1 heterocycles. The van der Waals surface area contributed by atoms with Crippen LogP contribution in [0.3, 0.4) is 0 Å². The highest BCUT2D eigenvalue weighted by Gasteiger charge is 2.28. The standard InChI is InChI=1S/C11H11F3N4O/c12-11(13,14)19-5-4-18-7-16-10(17-18)8-2-1-3-9(15)6-8/h1-3,6-7H,4-5,15H2. The molecule has 0 amide bonds. The van der Waals surface area contributed by atoms with Crippen LogP contribution in [0.5, 0.6) is 0 Å². The summed E-state index contributed by atoms with van der Waals surface area (Å²) < 4.78 is 40.3. The van der Waals surface area contributed by atoms with Gasteiger partial charge in [-0.05, 0) is 12.1 Å². The Morgan fingerprint density at radius 1 is 1.32 bits per heavy atom. The second-order valence-electron chi connectivity index (χ2n) is 3.75. The smallest absolute Gasteiger partial charge is 0.399 e. The Hall–Kier alpha value is -2.09. The number of nitrogens with two attached hydrogens (primary N) is 1. The number of alkyl halides is 3. The summed E-state index contributed by atoms with van der Waals surface area (Å²) in [5, 5.41) is 4.04. The summed E-state index contributed by atoms with van der Waals surface area (Å²) in [7, 11) is 0. The minimum absolute atomic E-state index is 0.0329. The van der Waals surface area contributed by atoms with Crippen molar-refractivity contribution in [2.24, 2.45) is 0 Å². The van der Waals surface area contributed by atoms with E-state index in [4.69, 9.17) is 5.73 Å². The predicted octanol–water partition coefficient (Wildman–Crippen LogP) is 2.06. The van der Waals surface area contributed by atoms with Crippen LogP contribution in [0.25, 0.3) is 11.4 Å². The van der Waals surface area contributed by atoms with E-state index in [1.807, 2.05) is 0 Å². The zero-order chi connectivity index (χ0) is 13.9. The van der Waals surface area contributed by atoms with Crippen molar-refractivity contribution < 1.29 is 17.9 Å². The molecule has 1 aromatic carbocycles. The van der Waals surface area contributed by atoms with E-state index < -0.39 is 13.0 Å². The molecule has 0 fully saturated rings. The number of halogens is 3. The van der Waals surface area contributed by atoms with E-state index >= 15 is 0 Å². The number of aromatic nitrogens is 3. The second kappa shape index (κ2) is 5.27. The van der Waals surface area contributed by atoms with Crippen molar-refractivity contribution in [3.8, 4) is 11.4 Å². The van der Waals surface area contributed by atoms with E-state index in [1.165, 1.54) is 11.0 Å². The molecule has 0 radical (unpaired) electrons. The van der Waals surface area contributed by atoms with E-state index in [9.17, 15) is 13.2 Å². The van der Waals surface area contributed by atoms with E-state index in [0.717, 1.165) is 0 Å². The molecule has 0 bridgehead atoms. The highest BCUT2D eigenvalue weighted by Crippen LogP contribution is 2.18. The number of hydrogen-bond donors (Lipinski definition) is 1. The summed E-state index contributed by atoms with van der Waals surface area (Å²) in [6.07, 6.45) is -3.28. The van der Waals surface area contributed by atoms with Gasteiger partial charge in [-0.2, -0.15) is 5.10 Å². The SMILES string of the molecule is Nc1cccc(-c2ncn(CCOC(F)(F)F)n2)c1. The Morgan fingerprint density at radius 2 is 2.11 bits per heavy atom. The van der Waals surface area contributed by atoms with Crippen molar-refractivity contribution in [3.63, 3.8) is 0 Å². The third-order valence-electron chi connectivity index (χ3n) is 2.27. The van der Waals surface area contributed by atoms with Crippen LogP contribution in [-0.2, 0) is 11.3 Å². The van der Waals surface area contributed by atoms with Crippen molar-refractivity contribution in [2.75, 3.05) is 12.3 Å². The number of nitrogen functional groups attached to an aromatic ring is 1. The summed E-state index contributed by atoms with van der Waals surface area (Å²) in [4.78, 5) is 4.00. The molecular formula is C11H11F3N4O. The minimum Gasteiger partial charge on any atom is -0.399 e. The fraction of sp³-hybridized carbons (Fsp3) is 0.273. The van der Waals surface area contributed by atoms with Crippen molar-refractivity contribution in [1.82, 2.24) is 14.8 Å². The molecule has 8 heteroatoms. The molecule has 0 aliphatic heterocycles. The highest BCUT2D eigenvalue weighted by atomic mass is 19.4. The third-order valence-corrected chi connectivity index (χ3v) is 2.27. The Kier molecular flexibility index (Phi) is 3.70. The average molecular weight is 272 g/mol. The Balaban J connectivity index is 1.99. The van der Waals surface area contributed by atoms with E-state index in [0.29, 0.717) is 17.1 Å². The van der Waals surface area contributed by atoms with Gasteiger partial charge in [0.1, 0.15) is 6.33 Å². The molecule has 0 aliphatic carbocycles. The first kappa shape index (κ1) is 13.3. The molecule has 2 N–H and O–H groups in total. The summed E-state index contributed by atoms with van der Waals surface area (Å²) in [6.45, 7) is -0.544. The lowest BCUT2D eigenvalue weighted by Crippen LogP contribution is -2.17. The molecule has 0 atom stereocenters. The minimum atomic E-state index is -4.63. The van der Waals surface area contributed by atoms with Gasteiger partial charge >= 0.3 is 6.36 Å². The zero-order valence-electron chi connectivity index (χ0n) is 9.76. The van der Waals surface area contributed by atoms with Gasteiger partial charge in [0.25, 0.3) is 0 Å². The molecule has 0 saturated heterocycles. The van der Waals surface area contributed by atoms with Crippen LogP contribution in [0.4, 0.5) is 18.9 Å². The Bertz CT molecular complexity index is 553. The van der Waals surface area contributed by atoms with Crippen LogP contribution in [-0.4, -0.2) is 27.7 Å². The molecule has 19 heavy (non-hydrogen) atoms. The van der Waals surface area contributed by atoms with Crippen molar-refractivity contribution in [3.05, 3.63) is 30.6 Å². The van der Waals surface area contributed by atoms with Gasteiger partial charge in [-0.1, -0.05) is 12.1 Å². The van der Waals surface area contributed by atoms with Gasteiger partial charge in [0.05, 0.1) is 13.2 Å². The molecule has 1 aromatic heterocycles. The number of hydrogen-bond acceptors (Lipinski definition) is 4. The van der Waals surface area contributed by atoms with Gasteiger partial charge in [0, 0.05) is 11.3 Å².